The summed E-state index contributed by atoms with van der Waals surface area (Å²) < 4.78 is 28.9. The Morgan fingerprint density at radius 3 is 2.75 bits per heavy atom. The van der Waals surface area contributed by atoms with Crippen molar-refractivity contribution in [3.8, 4) is 0 Å². The molecule has 0 saturated heterocycles. The molecule has 0 bridgehead atoms. The zero-order chi connectivity index (χ0) is 14.2. The van der Waals surface area contributed by atoms with Gasteiger partial charge in [-0.15, -0.1) is 11.3 Å². The Morgan fingerprint density at radius 2 is 2.05 bits per heavy atom. The minimum atomic E-state index is -3.82. The summed E-state index contributed by atoms with van der Waals surface area (Å²) in [5.74, 6) is 5.44. The van der Waals surface area contributed by atoms with Crippen molar-refractivity contribution < 1.29 is 8.42 Å². The quantitative estimate of drug-likeness (QED) is 0.487. The van der Waals surface area contributed by atoms with E-state index >= 15 is 0 Å². The fraction of sp³-hybridized carbons (Fsp3) is 0. The van der Waals surface area contributed by atoms with Crippen LogP contribution in [0.3, 0.4) is 0 Å². The summed E-state index contributed by atoms with van der Waals surface area (Å²) >= 11 is 1.31. The number of nitrogens with one attached hydrogen (secondary N) is 2. The standard InChI is InChI=1S/C10H10N6O2S2/c11-14-8-9(16-5-6-19-10(16)13-8)20(17,18)15-7-1-3-12-4-2-7/h1-6,14H,11H2,(H,12,15). The third-order valence-electron chi connectivity index (χ3n) is 2.54. The summed E-state index contributed by atoms with van der Waals surface area (Å²) in [6, 6.07) is 3.11. The van der Waals surface area contributed by atoms with Crippen LogP contribution in [0.2, 0.25) is 0 Å². The number of anilines is 2. The zero-order valence-corrected chi connectivity index (χ0v) is 11.6. The van der Waals surface area contributed by atoms with Gasteiger partial charge in [0.15, 0.2) is 10.8 Å². The van der Waals surface area contributed by atoms with Crippen molar-refractivity contribution in [2.45, 2.75) is 5.03 Å². The average molecular weight is 310 g/mol. The van der Waals surface area contributed by atoms with Crippen LogP contribution in [0.25, 0.3) is 4.96 Å². The number of fused-ring (bicyclic) bond motifs is 1. The molecule has 0 aliphatic rings. The van der Waals surface area contributed by atoms with Crippen molar-refractivity contribution in [1.29, 1.82) is 0 Å². The van der Waals surface area contributed by atoms with Crippen molar-refractivity contribution in [1.82, 2.24) is 14.4 Å². The highest BCUT2D eigenvalue weighted by molar-refractivity contribution is 7.92. The topological polar surface area (TPSA) is 114 Å². The summed E-state index contributed by atoms with van der Waals surface area (Å²) in [7, 11) is -3.82. The van der Waals surface area contributed by atoms with Gasteiger partial charge in [-0.1, -0.05) is 0 Å². The lowest BCUT2D eigenvalue weighted by Crippen LogP contribution is -2.18. The number of rotatable bonds is 4. The molecule has 0 unspecified atom stereocenters. The van der Waals surface area contributed by atoms with Crippen LogP contribution in [-0.2, 0) is 10.0 Å². The third kappa shape index (κ3) is 2.09. The van der Waals surface area contributed by atoms with Crippen LogP contribution in [0.15, 0.2) is 41.1 Å². The molecule has 10 heteroatoms. The van der Waals surface area contributed by atoms with Gasteiger partial charge in [0, 0.05) is 24.0 Å². The van der Waals surface area contributed by atoms with Crippen molar-refractivity contribution in [2.24, 2.45) is 5.84 Å². The molecule has 3 aromatic heterocycles. The van der Waals surface area contributed by atoms with Gasteiger partial charge in [-0.25, -0.2) is 5.84 Å². The van der Waals surface area contributed by atoms with Crippen molar-refractivity contribution in [3.63, 3.8) is 0 Å². The molecule has 0 spiro atoms. The van der Waals surface area contributed by atoms with Crippen LogP contribution in [0.5, 0.6) is 0 Å². The number of sulfonamides is 1. The van der Waals surface area contributed by atoms with E-state index in [2.05, 4.69) is 20.1 Å². The minimum Gasteiger partial charge on any atom is -0.306 e. The molecule has 0 atom stereocenters. The van der Waals surface area contributed by atoms with E-state index in [1.54, 1.807) is 23.7 Å². The number of hydrazine groups is 1. The summed E-state index contributed by atoms with van der Waals surface area (Å²) in [4.78, 5) is 8.48. The molecule has 0 aliphatic heterocycles. The number of hydrogen-bond acceptors (Lipinski definition) is 7. The highest BCUT2D eigenvalue weighted by Gasteiger charge is 2.25. The maximum absolute atomic E-state index is 12.5. The molecule has 0 aromatic carbocycles. The number of nitrogen functional groups attached to an aromatic ring is 1. The third-order valence-corrected chi connectivity index (χ3v) is 4.70. The predicted octanol–water partition coefficient (Wildman–Crippen LogP) is 0.877. The van der Waals surface area contributed by atoms with Gasteiger partial charge in [-0.05, 0) is 12.1 Å². The van der Waals surface area contributed by atoms with Crippen LogP contribution in [0, 0.1) is 0 Å². The summed E-state index contributed by atoms with van der Waals surface area (Å²) in [6.07, 6.45) is 4.61. The van der Waals surface area contributed by atoms with Crippen LogP contribution in [-0.4, -0.2) is 22.8 Å². The number of nitrogens with zero attached hydrogens (tertiary/aromatic N) is 3. The Bertz CT molecular complexity index is 839. The van der Waals surface area contributed by atoms with Gasteiger partial charge in [0.05, 0.1) is 5.69 Å². The van der Waals surface area contributed by atoms with Crippen LogP contribution < -0.4 is 16.0 Å². The highest BCUT2D eigenvalue weighted by Crippen LogP contribution is 2.26. The zero-order valence-electron chi connectivity index (χ0n) is 10.0. The summed E-state index contributed by atoms with van der Waals surface area (Å²) in [6.45, 7) is 0. The minimum absolute atomic E-state index is 0.0342. The Labute approximate surface area is 118 Å². The summed E-state index contributed by atoms with van der Waals surface area (Å²) in [5, 5.41) is 1.71. The molecule has 8 nitrogen and oxygen atoms in total. The van der Waals surface area contributed by atoms with E-state index in [9.17, 15) is 8.42 Å². The first-order chi connectivity index (χ1) is 9.62. The smallest absolute Gasteiger partial charge is 0.281 e. The lowest BCUT2D eigenvalue weighted by molar-refractivity contribution is 0.597. The van der Waals surface area contributed by atoms with Crippen LogP contribution in [0.4, 0.5) is 11.5 Å². The van der Waals surface area contributed by atoms with Gasteiger partial charge in [-0.3, -0.25) is 14.1 Å². The van der Waals surface area contributed by atoms with Gasteiger partial charge >= 0.3 is 0 Å². The van der Waals surface area contributed by atoms with Crippen LogP contribution in [0.1, 0.15) is 0 Å². The lowest BCUT2D eigenvalue weighted by Gasteiger charge is -2.08. The first-order valence-electron chi connectivity index (χ1n) is 5.47. The van der Waals surface area contributed by atoms with Gasteiger partial charge in [0.1, 0.15) is 0 Å². The fourth-order valence-corrected chi connectivity index (χ4v) is 3.82. The molecule has 3 heterocycles. The SMILES string of the molecule is NNc1nc2sccn2c1S(=O)(=O)Nc1ccncc1. The molecular formula is C10H10N6O2S2. The van der Waals surface area contributed by atoms with Gasteiger partial charge < -0.3 is 5.43 Å². The Hall–Kier alpha value is -2.17. The monoisotopic (exact) mass is 310 g/mol. The molecule has 0 radical (unpaired) electrons. The second kappa shape index (κ2) is 4.74. The molecule has 0 fully saturated rings. The second-order valence-electron chi connectivity index (χ2n) is 3.81. The molecule has 0 amide bonds. The maximum Gasteiger partial charge on any atom is 0.281 e. The Balaban J connectivity index is 2.11. The fourth-order valence-electron chi connectivity index (χ4n) is 1.74. The molecule has 4 N–H and O–H groups in total. The average Bonchev–Trinajstić information content (AvgIpc) is 2.98. The molecular weight excluding hydrogens is 300 g/mol. The van der Waals surface area contributed by atoms with Crippen LogP contribution >= 0.6 is 11.3 Å². The highest BCUT2D eigenvalue weighted by atomic mass is 32.2. The second-order valence-corrected chi connectivity index (χ2v) is 6.28. The van der Waals surface area contributed by atoms with E-state index in [4.69, 9.17) is 5.84 Å². The van der Waals surface area contributed by atoms with Crippen molar-refractivity contribution in [3.05, 3.63) is 36.1 Å². The molecule has 3 aromatic rings. The first kappa shape index (κ1) is 12.8. The number of thiazole rings is 1. The molecule has 20 heavy (non-hydrogen) atoms. The molecule has 3 rings (SSSR count). The van der Waals surface area contributed by atoms with E-state index in [0.29, 0.717) is 10.6 Å². The van der Waals surface area contributed by atoms with Crippen molar-refractivity contribution in [2.75, 3.05) is 10.1 Å². The van der Waals surface area contributed by atoms with E-state index < -0.39 is 10.0 Å². The van der Waals surface area contributed by atoms with Gasteiger partial charge in [0.2, 0.25) is 5.03 Å². The predicted molar refractivity (Wildman–Crippen MR) is 75.9 cm³/mol. The Morgan fingerprint density at radius 1 is 1.30 bits per heavy atom. The van der Waals surface area contributed by atoms with E-state index in [0.717, 1.165) is 0 Å². The number of aromatic nitrogens is 3. The lowest BCUT2D eigenvalue weighted by atomic mass is 10.4. The summed E-state index contributed by atoms with van der Waals surface area (Å²) in [5.41, 5.74) is 2.72. The number of imidazole rings is 1. The molecule has 0 aliphatic carbocycles. The Kier molecular flexibility index (Phi) is 3.04. The first-order valence-corrected chi connectivity index (χ1v) is 7.83. The van der Waals surface area contributed by atoms with E-state index in [1.165, 1.54) is 28.1 Å². The molecule has 104 valence electrons. The maximum atomic E-state index is 12.5. The molecule has 0 saturated carbocycles. The van der Waals surface area contributed by atoms with Gasteiger partial charge in [-0.2, -0.15) is 13.4 Å². The number of nitrogens with two attached hydrogens (primary N) is 1. The van der Waals surface area contributed by atoms with E-state index in [-0.39, 0.29) is 10.8 Å². The van der Waals surface area contributed by atoms with Gasteiger partial charge in [0.25, 0.3) is 10.0 Å². The number of hydrogen-bond donors (Lipinski definition) is 3. The number of pyridine rings is 1. The van der Waals surface area contributed by atoms with Crippen molar-refractivity contribution >= 4 is 37.8 Å². The normalized spacial score (nSPS) is 11.7. The van der Waals surface area contributed by atoms with E-state index in [1.807, 2.05) is 0 Å². The largest absolute Gasteiger partial charge is 0.306 e.